The molecule has 1 unspecified atom stereocenters. The van der Waals surface area contributed by atoms with E-state index in [9.17, 15) is 14.6 Å². The summed E-state index contributed by atoms with van der Waals surface area (Å²) in [4.78, 5) is 0. The molecule has 0 saturated heterocycles. The predicted octanol–water partition coefficient (Wildman–Crippen LogP) is 4.80. The Balaban J connectivity index is 2.09. The number of hydrogen-bond acceptors (Lipinski definition) is 3. The van der Waals surface area contributed by atoms with Gasteiger partial charge in [-0.3, -0.25) is 0 Å². The normalized spacial score (nSPS) is 19.8. The number of aryl methyl sites for hydroxylation is 1. The summed E-state index contributed by atoms with van der Waals surface area (Å²) in [6.07, 6.45) is 7.36. The molecule has 0 fully saturated rings. The smallest absolute Gasteiger partial charge is 0.165 e. The van der Waals surface area contributed by atoms with Crippen molar-refractivity contribution >= 4 is 0 Å². The highest BCUT2D eigenvalue weighted by molar-refractivity contribution is 5.48. The van der Waals surface area contributed by atoms with E-state index in [1.54, 1.807) is 6.07 Å². The van der Waals surface area contributed by atoms with Gasteiger partial charge in [0.05, 0.1) is 0 Å². The van der Waals surface area contributed by atoms with Gasteiger partial charge in [0.2, 0.25) is 0 Å². The number of aliphatic hydroxyl groups is 1. The minimum absolute atomic E-state index is 0.186. The molecule has 0 saturated carbocycles. The van der Waals surface area contributed by atoms with Gasteiger partial charge in [0.25, 0.3) is 0 Å². The lowest BCUT2D eigenvalue weighted by Gasteiger charge is -2.36. The molecule has 2 aromatic carbocycles. The van der Waals surface area contributed by atoms with Gasteiger partial charge in [-0.1, -0.05) is 31.4 Å². The molecule has 0 aliphatic heterocycles. The van der Waals surface area contributed by atoms with E-state index >= 15 is 0 Å². The van der Waals surface area contributed by atoms with Gasteiger partial charge in [0, 0.05) is 12.0 Å². The van der Waals surface area contributed by atoms with E-state index in [-0.39, 0.29) is 23.5 Å². The van der Waals surface area contributed by atoms with Crippen LogP contribution in [0.5, 0.6) is 11.5 Å². The fourth-order valence-corrected chi connectivity index (χ4v) is 4.35. The third kappa shape index (κ3) is 3.70. The second-order valence-corrected chi connectivity index (χ2v) is 7.33. The van der Waals surface area contributed by atoms with E-state index < -0.39 is 5.82 Å². The molecule has 0 aromatic heterocycles. The number of hydrogen-bond donors (Lipinski definition) is 3. The molecule has 140 valence electrons. The molecule has 3 rings (SSSR count). The second kappa shape index (κ2) is 8.09. The quantitative estimate of drug-likeness (QED) is 0.513. The molecular weight excluding hydrogens is 331 g/mol. The lowest BCUT2D eigenvalue weighted by Crippen LogP contribution is -2.28. The van der Waals surface area contributed by atoms with Crippen molar-refractivity contribution in [3.8, 4) is 11.5 Å². The number of aliphatic hydroxyl groups excluding tert-OH is 1. The lowest BCUT2D eigenvalue weighted by atomic mass is 9.67. The van der Waals surface area contributed by atoms with Crippen LogP contribution in [0.25, 0.3) is 0 Å². The Labute approximate surface area is 154 Å². The van der Waals surface area contributed by atoms with Crippen LogP contribution < -0.4 is 0 Å². The second-order valence-electron chi connectivity index (χ2n) is 7.33. The van der Waals surface area contributed by atoms with Crippen LogP contribution in [0.1, 0.15) is 61.6 Å². The van der Waals surface area contributed by atoms with E-state index in [0.717, 1.165) is 68.1 Å². The summed E-state index contributed by atoms with van der Waals surface area (Å²) < 4.78 is 14.2. The lowest BCUT2D eigenvalue weighted by molar-refractivity contribution is 0.279. The van der Waals surface area contributed by atoms with Crippen LogP contribution in [0.2, 0.25) is 0 Å². The Morgan fingerprint density at radius 1 is 0.962 bits per heavy atom. The van der Waals surface area contributed by atoms with Crippen LogP contribution in [-0.4, -0.2) is 21.9 Å². The molecule has 1 aliphatic carbocycles. The highest BCUT2D eigenvalue weighted by Gasteiger charge is 2.37. The van der Waals surface area contributed by atoms with Gasteiger partial charge in [-0.2, -0.15) is 0 Å². The number of benzene rings is 2. The first-order chi connectivity index (χ1) is 12.6. The summed E-state index contributed by atoms with van der Waals surface area (Å²) in [6, 6.07) is 10.2. The molecule has 0 heterocycles. The van der Waals surface area contributed by atoms with E-state index in [1.165, 1.54) is 12.1 Å². The van der Waals surface area contributed by atoms with Crippen molar-refractivity contribution in [2.45, 2.75) is 56.8 Å². The number of unbranched alkanes of at least 4 members (excludes halogenated alkanes) is 2. The number of phenols is 2. The van der Waals surface area contributed by atoms with Gasteiger partial charge in [-0.15, -0.1) is 0 Å². The minimum Gasteiger partial charge on any atom is -0.508 e. The van der Waals surface area contributed by atoms with Gasteiger partial charge in [0.15, 0.2) is 11.6 Å². The maximum Gasteiger partial charge on any atom is 0.165 e. The van der Waals surface area contributed by atoms with Crippen LogP contribution in [0.4, 0.5) is 4.39 Å². The van der Waals surface area contributed by atoms with Gasteiger partial charge >= 0.3 is 0 Å². The highest BCUT2D eigenvalue weighted by Crippen LogP contribution is 2.46. The van der Waals surface area contributed by atoms with Crippen molar-refractivity contribution in [1.82, 2.24) is 0 Å². The summed E-state index contributed by atoms with van der Waals surface area (Å²) in [5, 5.41) is 28.6. The number of rotatable bonds is 6. The molecular formula is C22H27FO3. The largest absolute Gasteiger partial charge is 0.508 e. The standard InChI is InChI=1S/C22H27FO3/c23-20-15-17(7-10-21(20)26)22(11-3-1-5-13-24)12-4-2-6-16-14-18(25)8-9-19(16)22/h7-10,14-15,24-26H,1-6,11-13H2. The summed E-state index contributed by atoms with van der Waals surface area (Å²) in [5.41, 5.74) is 2.83. The Morgan fingerprint density at radius 2 is 1.81 bits per heavy atom. The topological polar surface area (TPSA) is 60.7 Å². The van der Waals surface area contributed by atoms with Gasteiger partial charge in [-0.05, 0) is 73.1 Å². The summed E-state index contributed by atoms with van der Waals surface area (Å²) in [6.45, 7) is 0.186. The molecule has 26 heavy (non-hydrogen) atoms. The fourth-order valence-electron chi connectivity index (χ4n) is 4.35. The third-order valence-electron chi connectivity index (χ3n) is 5.67. The molecule has 3 N–H and O–H groups in total. The number of fused-ring (bicyclic) bond motifs is 1. The van der Waals surface area contributed by atoms with Crippen LogP contribution in [-0.2, 0) is 11.8 Å². The zero-order valence-corrected chi connectivity index (χ0v) is 15.0. The molecule has 0 amide bonds. The average Bonchev–Trinajstić information content (AvgIpc) is 2.81. The van der Waals surface area contributed by atoms with Crippen LogP contribution in [0, 0.1) is 5.82 Å². The van der Waals surface area contributed by atoms with Crippen LogP contribution in [0.15, 0.2) is 36.4 Å². The molecule has 1 atom stereocenters. The first-order valence-electron chi connectivity index (χ1n) is 9.49. The van der Waals surface area contributed by atoms with Crippen molar-refractivity contribution in [1.29, 1.82) is 0 Å². The molecule has 3 nitrogen and oxygen atoms in total. The summed E-state index contributed by atoms with van der Waals surface area (Å²) in [5.74, 6) is -0.665. The maximum atomic E-state index is 14.2. The van der Waals surface area contributed by atoms with Crippen molar-refractivity contribution in [3.05, 3.63) is 58.9 Å². The van der Waals surface area contributed by atoms with E-state index in [4.69, 9.17) is 5.11 Å². The van der Waals surface area contributed by atoms with E-state index in [0.29, 0.717) is 0 Å². The monoisotopic (exact) mass is 358 g/mol. The Bertz CT molecular complexity index is 759. The minimum atomic E-state index is -0.596. The summed E-state index contributed by atoms with van der Waals surface area (Å²) in [7, 11) is 0. The Kier molecular flexibility index (Phi) is 5.82. The predicted molar refractivity (Wildman–Crippen MR) is 100 cm³/mol. The Morgan fingerprint density at radius 3 is 2.58 bits per heavy atom. The fraction of sp³-hybridized carbons (Fsp3) is 0.455. The molecule has 2 aromatic rings. The number of phenolic OH excluding ortho intramolecular Hbond substituents is 2. The van der Waals surface area contributed by atoms with E-state index in [2.05, 4.69) is 0 Å². The SMILES string of the molecule is OCCCCCC1(c2ccc(O)c(F)c2)CCCCc2cc(O)ccc21. The zero-order chi connectivity index (χ0) is 18.6. The molecule has 0 bridgehead atoms. The van der Waals surface area contributed by atoms with Crippen molar-refractivity contribution in [3.63, 3.8) is 0 Å². The molecule has 0 spiro atoms. The number of aromatic hydroxyl groups is 2. The van der Waals surface area contributed by atoms with Crippen LogP contribution in [0.3, 0.4) is 0 Å². The first kappa shape index (κ1) is 18.7. The maximum absolute atomic E-state index is 14.2. The van der Waals surface area contributed by atoms with E-state index in [1.807, 2.05) is 18.2 Å². The summed E-state index contributed by atoms with van der Waals surface area (Å²) >= 11 is 0. The van der Waals surface area contributed by atoms with Gasteiger partial charge in [-0.25, -0.2) is 4.39 Å². The average molecular weight is 358 g/mol. The van der Waals surface area contributed by atoms with Crippen molar-refractivity contribution < 1.29 is 19.7 Å². The number of halogens is 1. The van der Waals surface area contributed by atoms with Gasteiger partial charge in [0.1, 0.15) is 5.75 Å². The van der Waals surface area contributed by atoms with Gasteiger partial charge < -0.3 is 15.3 Å². The van der Waals surface area contributed by atoms with Crippen LogP contribution >= 0.6 is 0 Å². The third-order valence-corrected chi connectivity index (χ3v) is 5.67. The molecule has 1 aliphatic rings. The molecule has 4 heteroatoms. The highest BCUT2D eigenvalue weighted by atomic mass is 19.1. The zero-order valence-electron chi connectivity index (χ0n) is 15.0. The first-order valence-corrected chi connectivity index (χ1v) is 9.49. The van der Waals surface area contributed by atoms with Crippen molar-refractivity contribution in [2.75, 3.05) is 6.61 Å². The van der Waals surface area contributed by atoms with Crippen molar-refractivity contribution in [2.24, 2.45) is 0 Å². The molecule has 0 radical (unpaired) electrons. The Hall–Kier alpha value is -2.07.